The predicted octanol–water partition coefficient (Wildman–Crippen LogP) is 10.9. The van der Waals surface area contributed by atoms with Gasteiger partial charge >= 0.3 is 0 Å². The molecule has 8 aromatic rings. The van der Waals surface area contributed by atoms with Gasteiger partial charge in [-0.1, -0.05) is 133 Å². The Bertz CT molecular complexity index is 3130. The molecule has 1 nitrogen and oxygen atoms in total. The van der Waals surface area contributed by atoms with E-state index in [-0.39, 0.29) is 27.5 Å². The van der Waals surface area contributed by atoms with Gasteiger partial charge in [-0.25, -0.2) is 0 Å². The quantitative estimate of drug-likeness (QED) is 0.213. The highest BCUT2D eigenvalue weighted by Gasteiger charge is 2.21. The molecule has 0 fully saturated rings. The third-order valence-corrected chi connectivity index (χ3v) is 6.57. The summed E-state index contributed by atoms with van der Waals surface area (Å²) in [6.45, 7) is 0. The minimum atomic E-state index is -0.840. The Morgan fingerprint density at radius 1 is 0.410 bits per heavy atom. The maximum Gasteiger partial charge on any atom is 0.136 e. The Morgan fingerprint density at radius 2 is 0.897 bits per heavy atom. The van der Waals surface area contributed by atoms with Crippen LogP contribution in [-0.4, -0.2) is 0 Å². The molecule has 0 atom stereocenters. The summed E-state index contributed by atoms with van der Waals surface area (Å²) in [7, 11) is 0. The van der Waals surface area contributed by atoms with Crippen molar-refractivity contribution in [1.29, 1.82) is 0 Å². The second-order valence-corrected chi connectivity index (χ2v) is 8.63. The van der Waals surface area contributed by atoms with E-state index in [0.717, 1.165) is 0 Å². The maximum atomic E-state index is 9.38. The van der Waals surface area contributed by atoms with Crippen LogP contribution >= 0.6 is 0 Å². The van der Waals surface area contributed by atoms with Crippen LogP contribution in [-0.2, 0) is 0 Å². The van der Waals surface area contributed by atoms with Gasteiger partial charge in [0, 0.05) is 10.8 Å². The van der Waals surface area contributed by atoms with Gasteiger partial charge in [-0.15, -0.1) is 0 Å². The van der Waals surface area contributed by atoms with E-state index in [1.165, 1.54) is 12.1 Å². The highest BCUT2D eigenvalue weighted by molar-refractivity contribution is 6.26. The molecular weight excluding hydrogens is 472 g/mol. The summed E-state index contributed by atoms with van der Waals surface area (Å²) >= 11 is 0. The number of hydrogen-bond acceptors (Lipinski definition) is 1. The van der Waals surface area contributed by atoms with Gasteiger partial charge in [-0.3, -0.25) is 0 Å². The Labute approximate surface area is 253 Å². The van der Waals surface area contributed by atoms with Crippen molar-refractivity contribution in [2.24, 2.45) is 0 Å². The molecule has 1 heterocycles. The van der Waals surface area contributed by atoms with E-state index in [1.807, 2.05) is 0 Å². The van der Waals surface area contributed by atoms with Gasteiger partial charge in [0.05, 0.1) is 26.0 Å². The number of rotatable bonds is 3. The summed E-state index contributed by atoms with van der Waals surface area (Å²) in [4.78, 5) is 0. The van der Waals surface area contributed by atoms with E-state index in [9.17, 15) is 8.22 Å². The third kappa shape index (κ3) is 3.34. The summed E-state index contributed by atoms with van der Waals surface area (Å²) in [5.74, 6) is 0. The Kier molecular flexibility index (Phi) is 2.28. The number of para-hydroxylation sites is 1. The van der Waals surface area contributed by atoms with E-state index in [1.54, 1.807) is 18.2 Å². The van der Waals surface area contributed by atoms with Crippen LogP contribution in [0.25, 0.3) is 76.9 Å². The molecule has 0 radical (unpaired) electrons. The molecule has 0 spiro atoms. The third-order valence-electron chi connectivity index (χ3n) is 6.57. The molecular formula is C38H24O. The van der Waals surface area contributed by atoms with Crippen LogP contribution in [0.2, 0.25) is 0 Å². The second-order valence-electron chi connectivity index (χ2n) is 8.63. The first-order valence-electron chi connectivity index (χ1n) is 21.3. The monoisotopic (exact) mass is 515 g/mol. The minimum Gasteiger partial charge on any atom is -0.456 e. The molecule has 0 amide bonds. The molecule has 0 saturated heterocycles. The summed E-state index contributed by atoms with van der Waals surface area (Å²) in [6, 6.07) is -6.43. The topological polar surface area (TPSA) is 13.1 Å². The molecule has 0 saturated carbocycles. The molecule has 182 valence electrons. The van der Waals surface area contributed by atoms with Crippen molar-refractivity contribution < 1.29 is 30.5 Å². The SMILES string of the molecule is [2H]c1c([2H])c([2H])c(-c2c3c([2H])c([2H])c([2H])c([2H])c3c(-c3c([2H])c([2H])c([2H])c4oc5c([2H])c([2H])c([2H])c([2H])c5c34)c3c([2H])c([2H])c([2H])c([2H])c23)c(-c2ccccc2)c1[2H]. The molecule has 1 heteroatoms. The first-order valence-corrected chi connectivity index (χ1v) is 11.8. The largest absolute Gasteiger partial charge is 0.456 e. The number of furan rings is 1. The van der Waals surface area contributed by atoms with Crippen LogP contribution in [0.1, 0.15) is 26.0 Å². The van der Waals surface area contributed by atoms with Crippen LogP contribution in [0.3, 0.4) is 0 Å². The van der Waals surface area contributed by atoms with E-state index < -0.39 is 164 Å². The summed E-state index contributed by atoms with van der Waals surface area (Å²) in [5.41, 5.74) is -2.68. The van der Waals surface area contributed by atoms with Gasteiger partial charge in [-0.2, -0.15) is 0 Å². The summed E-state index contributed by atoms with van der Waals surface area (Å²) < 4.78 is 175. The number of benzene rings is 7. The van der Waals surface area contributed by atoms with Crippen LogP contribution in [0, 0.1) is 0 Å². The van der Waals surface area contributed by atoms with Crippen molar-refractivity contribution in [3.63, 3.8) is 0 Å². The molecule has 0 aliphatic heterocycles. The number of hydrogen-bond donors (Lipinski definition) is 0. The van der Waals surface area contributed by atoms with Crippen LogP contribution in [0.5, 0.6) is 0 Å². The van der Waals surface area contributed by atoms with Crippen molar-refractivity contribution in [1.82, 2.24) is 0 Å². The first kappa shape index (κ1) is 10.2. The van der Waals surface area contributed by atoms with Crippen molar-refractivity contribution >= 4 is 43.5 Å². The normalized spacial score (nSPS) is 18.4. The maximum absolute atomic E-state index is 9.38. The van der Waals surface area contributed by atoms with E-state index in [2.05, 4.69) is 0 Å². The zero-order valence-corrected chi connectivity index (χ0v) is 19.8. The molecule has 7 aromatic carbocycles. The molecule has 0 N–H and O–H groups in total. The van der Waals surface area contributed by atoms with E-state index in [0.29, 0.717) is 0 Å². The molecule has 39 heavy (non-hydrogen) atoms. The Hall–Kier alpha value is -5.14. The highest BCUT2D eigenvalue weighted by atomic mass is 16.3. The first-order chi connectivity index (χ1) is 27.3. The molecule has 8 rings (SSSR count). The van der Waals surface area contributed by atoms with E-state index >= 15 is 0 Å². The molecule has 0 aliphatic rings. The molecule has 0 unspecified atom stereocenters. The zero-order valence-electron chi connectivity index (χ0n) is 38.8. The van der Waals surface area contributed by atoms with Gasteiger partial charge < -0.3 is 4.42 Å². The fourth-order valence-electron chi connectivity index (χ4n) is 4.99. The standard InChI is InChI=1S/C38H24O/c1-2-13-25(14-3-1)26-15-4-5-16-27(26)36-28-17-6-8-19-30(28)37(31-20-9-7-18-29(31)36)33-22-12-24-35-38(33)32-21-10-11-23-34(32)39-35/h1-24H/i4D,5D,6D,7D,8D,9D,10D,11D,12D,15D,16D,17D,18D,19D,20D,21D,22D,23D,24D. The summed E-state index contributed by atoms with van der Waals surface area (Å²) in [5, 5.41) is -2.71. The lowest BCUT2D eigenvalue weighted by atomic mass is 9.83. The van der Waals surface area contributed by atoms with Gasteiger partial charge in [0.15, 0.2) is 0 Å². The number of fused-ring (bicyclic) bond motifs is 5. The van der Waals surface area contributed by atoms with Crippen molar-refractivity contribution in [3.05, 3.63) is 145 Å². The lowest BCUT2D eigenvalue weighted by molar-refractivity contribution is 0.669. The smallest absolute Gasteiger partial charge is 0.136 e. The van der Waals surface area contributed by atoms with Gasteiger partial charge in [0.2, 0.25) is 0 Å². The average molecular weight is 516 g/mol. The van der Waals surface area contributed by atoms with Crippen molar-refractivity contribution in [2.45, 2.75) is 0 Å². The van der Waals surface area contributed by atoms with Crippen LogP contribution in [0.15, 0.2) is 150 Å². The second kappa shape index (κ2) is 8.72. The van der Waals surface area contributed by atoms with Gasteiger partial charge in [-0.05, 0) is 67.0 Å². The van der Waals surface area contributed by atoms with Crippen molar-refractivity contribution in [2.75, 3.05) is 0 Å². The fourth-order valence-corrected chi connectivity index (χ4v) is 4.99. The van der Waals surface area contributed by atoms with Gasteiger partial charge in [0.1, 0.15) is 11.2 Å². The highest BCUT2D eigenvalue weighted by Crippen LogP contribution is 2.48. The van der Waals surface area contributed by atoms with Gasteiger partial charge in [0.25, 0.3) is 0 Å². The fraction of sp³-hybridized carbons (Fsp3) is 0. The van der Waals surface area contributed by atoms with Crippen molar-refractivity contribution in [3.8, 4) is 33.4 Å². The van der Waals surface area contributed by atoms with Crippen LogP contribution < -0.4 is 0 Å². The zero-order chi connectivity index (χ0) is 42.3. The average Bonchev–Trinajstić information content (AvgIpc) is 3.62. The molecule has 0 bridgehead atoms. The Morgan fingerprint density at radius 3 is 1.56 bits per heavy atom. The van der Waals surface area contributed by atoms with Crippen LogP contribution in [0.4, 0.5) is 0 Å². The predicted molar refractivity (Wildman–Crippen MR) is 165 cm³/mol. The molecule has 1 aromatic heterocycles. The molecule has 0 aliphatic carbocycles. The lowest BCUT2D eigenvalue weighted by Crippen LogP contribution is -1.93. The summed E-state index contributed by atoms with van der Waals surface area (Å²) in [6.07, 6.45) is 0. The lowest BCUT2D eigenvalue weighted by Gasteiger charge is -2.20. The van der Waals surface area contributed by atoms with E-state index in [4.69, 9.17) is 22.2 Å². The Balaban J connectivity index is 1.81. The minimum absolute atomic E-state index is 0.158.